The molecule has 2 heterocycles. The van der Waals surface area contributed by atoms with Gasteiger partial charge in [0.15, 0.2) is 5.82 Å². The maximum absolute atomic E-state index is 14.5. The summed E-state index contributed by atoms with van der Waals surface area (Å²) in [5.41, 5.74) is 2.37. The summed E-state index contributed by atoms with van der Waals surface area (Å²) >= 11 is 0. The van der Waals surface area contributed by atoms with E-state index in [2.05, 4.69) is 21.7 Å². The number of rotatable bonds is 3. The molecule has 0 radical (unpaired) electrons. The number of hydrogen-bond donors (Lipinski definition) is 1. The number of carbonyl (C=O) groups excluding carboxylic acids is 1. The third kappa shape index (κ3) is 3.36. The Balaban J connectivity index is 1.78. The van der Waals surface area contributed by atoms with Crippen molar-refractivity contribution in [2.75, 3.05) is 31.1 Å². The molecule has 3 aromatic rings. The number of amides is 1. The number of aromatic hydroxyl groups is 1. The van der Waals surface area contributed by atoms with Gasteiger partial charge in [-0.25, -0.2) is 4.39 Å². The van der Waals surface area contributed by atoms with Gasteiger partial charge in [0, 0.05) is 37.0 Å². The summed E-state index contributed by atoms with van der Waals surface area (Å²) in [6.07, 6.45) is 1.33. The molecular weight excluding hydrogens is 383 g/mol. The van der Waals surface area contributed by atoms with Crippen molar-refractivity contribution in [1.29, 1.82) is 0 Å². The normalized spacial score (nSPS) is 14.2. The van der Waals surface area contributed by atoms with Gasteiger partial charge in [0.2, 0.25) is 5.91 Å². The van der Waals surface area contributed by atoms with E-state index in [0.717, 1.165) is 27.8 Å². The van der Waals surface area contributed by atoms with Crippen LogP contribution in [0.15, 0.2) is 43.0 Å². The van der Waals surface area contributed by atoms with E-state index in [4.69, 9.17) is 0 Å². The quantitative estimate of drug-likeness (QED) is 0.673. The van der Waals surface area contributed by atoms with Gasteiger partial charge in [0.1, 0.15) is 11.6 Å². The van der Waals surface area contributed by atoms with Crippen LogP contribution in [0, 0.1) is 19.7 Å². The molecule has 0 aliphatic carbocycles. The summed E-state index contributed by atoms with van der Waals surface area (Å²) in [6.45, 7) is 9.75. The number of piperazine rings is 1. The number of benzene rings is 2. The molecule has 1 saturated heterocycles. The molecule has 1 amide bonds. The maximum Gasteiger partial charge on any atom is 0.246 e. The Kier molecular flexibility index (Phi) is 5.11. The number of nitrogens with zero attached hydrogens (tertiary/aromatic N) is 4. The van der Waals surface area contributed by atoms with Crippen LogP contribution in [-0.4, -0.2) is 52.3 Å². The van der Waals surface area contributed by atoms with Crippen molar-refractivity contribution in [3.8, 4) is 16.9 Å². The highest BCUT2D eigenvalue weighted by molar-refractivity contribution is 5.98. The van der Waals surface area contributed by atoms with E-state index in [-0.39, 0.29) is 17.2 Å². The standard InChI is InChI=1S/C23H23FN4O2/c1-4-21(30)27-8-10-28(11-9-27)23-18-12-14(2)16(13-17(18)15(3)25-26-23)22-19(24)6-5-7-20(22)29/h4-7,12-13,29H,1,8-11H2,2-3H3. The predicted octanol–water partition coefficient (Wildman–Crippen LogP) is 3.59. The number of hydrogen-bond acceptors (Lipinski definition) is 5. The summed E-state index contributed by atoms with van der Waals surface area (Å²) in [7, 11) is 0. The summed E-state index contributed by atoms with van der Waals surface area (Å²) in [5, 5.41) is 20.8. The number of aryl methyl sites for hydroxylation is 2. The Bertz CT molecular complexity index is 1130. The van der Waals surface area contributed by atoms with Crippen LogP contribution in [0.1, 0.15) is 11.3 Å². The summed E-state index contributed by atoms with van der Waals surface area (Å²) in [4.78, 5) is 15.7. The lowest BCUT2D eigenvalue weighted by Gasteiger charge is -2.35. The number of fused-ring (bicyclic) bond motifs is 1. The van der Waals surface area contributed by atoms with E-state index in [1.54, 1.807) is 4.90 Å². The van der Waals surface area contributed by atoms with Crippen LogP contribution in [0.2, 0.25) is 0 Å². The van der Waals surface area contributed by atoms with Crippen LogP contribution < -0.4 is 4.90 Å². The van der Waals surface area contributed by atoms with Gasteiger partial charge < -0.3 is 14.9 Å². The maximum atomic E-state index is 14.5. The molecule has 0 unspecified atom stereocenters. The minimum atomic E-state index is -0.472. The van der Waals surface area contributed by atoms with Crippen molar-refractivity contribution >= 4 is 22.5 Å². The number of carbonyl (C=O) groups is 1. The molecule has 1 N–H and O–H groups in total. The fraction of sp³-hybridized carbons (Fsp3) is 0.261. The summed E-state index contributed by atoms with van der Waals surface area (Å²) in [6, 6.07) is 8.14. The van der Waals surface area contributed by atoms with Gasteiger partial charge >= 0.3 is 0 Å². The molecule has 1 aromatic heterocycles. The second-order valence-corrected chi connectivity index (χ2v) is 7.47. The van der Waals surface area contributed by atoms with Crippen molar-refractivity contribution in [2.45, 2.75) is 13.8 Å². The van der Waals surface area contributed by atoms with E-state index in [0.29, 0.717) is 31.7 Å². The molecule has 0 spiro atoms. The van der Waals surface area contributed by atoms with E-state index in [1.165, 1.54) is 24.3 Å². The lowest BCUT2D eigenvalue weighted by molar-refractivity contribution is -0.126. The Morgan fingerprint density at radius 2 is 1.87 bits per heavy atom. The van der Waals surface area contributed by atoms with E-state index in [9.17, 15) is 14.3 Å². The number of anilines is 1. The largest absolute Gasteiger partial charge is 0.507 e. The second kappa shape index (κ2) is 7.74. The first kappa shape index (κ1) is 19.8. The Labute approximate surface area is 174 Å². The highest BCUT2D eigenvalue weighted by Gasteiger charge is 2.23. The number of phenolic OH excluding ortho intramolecular Hbond substituents is 1. The highest BCUT2D eigenvalue weighted by Crippen LogP contribution is 2.38. The third-order valence-corrected chi connectivity index (χ3v) is 5.62. The molecule has 154 valence electrons. The van der Waals surface area contributed by atoms with Crippen molar-refractivity contribution < 1.29 is 14.3 Å². The van der Waals surface area contributed by atoms with E-state index >= 15 is 0 Å². The van der Waals surface area contributed by atoms with Crippen LogP contribution in [-0.2, 0) is 4.79 Å². The predicted molar refractivity (Wildman–Crippen MR) is 115 cm³/mol. The zero-order chi connectivity index (χ0) is 21.4. The molecule has 0 bridgehead atoms. The number of phenols is 1. The smallest absolute Gasteiger partial charge is 0.246 e. The minimum absolute atomic E-state index is 0.0697. The van der Waals surface area contributed by atoms with Crippen molar-refractivity contribution in [3.05, 3.63) is 60.1 Å². The first-order valence-electron chi connectivity index (χ1n) is 9.82. The van der Waals surface area contributed by atoms with Crippen LogP contribution in [0.5, 0.6) is 5.75 Å². The first-order valence-corrected chi connectivity index (χ1v) is 9.82. The third-order valence-electron chi connectivity index (χ3n) is 5.62. The van der Waals surface area contributed by atoms with Gasteiger partial charge in [-0.1, -0.05) is 12.6 Å². The molecule has 1 aliphatic rings. The lowest BCUT2D eigenvalue weighted by atomic mass is 9.95. The fourth-order valence-corrected chi connectivity index (χ4v) is 3.97. The van der Waals surface area contributed by atoms with E-state index < -0.39 is 5.82 Å². The second-order valence-electron chi connectivity index (χ2n) is 7.47. The first-order chi connectivity index (χ1) is 14.4. The Morgan fingerprint density at radius 1 is 1.13 bits per heavy atom. The van der Waals surface area contributed by atoms with Crippen molar-refractivity contribution in [2.24, 2.45) is 0 Å². The molecular formula is C23H23FN4O2. The molecule has 30 heavy (non-hydrogen) atoms. The van der Waals surface area contributed by atoms with Gasteiger partial charge in [-0.05, 0) is 55.3 Å². The molecule has 0 saturated carbocycles. The molecule has 2 aromatic carbocycles. The summed E-state index contributed by atoms with van der Waals surface area (Å²) in [5.74, 6) is 0.106. The van der Waals surface area contributed by atoms with Crippen molar-refractivity contribution in [3.63, 3.8) is 0 Å². The number of halogens is 1. The molecule has 1 fully saturated rings. The van der Waals surface area contributed by atoms with Crippen LogP contribution in [0.4, 0.5) is 10.2 Å². The van der Waals surface area contributed by atoms with Gasteiger partial charge in [0.05, 0.1) is 11.3 Å². The lowest BCUT2D eigenvalue weighted by Crippen LogP contribution is -2.48. The summed E-state index contributed by atoms with van der Waals surface area (Å²) < 4.78 is 14.5. The zero-order valence-electron chi connectivity index (χ0n) is 17.0. The van der Waals surface area contributed by atoms with Gasteiger partial charge in [-0.2, -0.15) is 5.10 Å². The molecule has 1 aliphatic heterocycles. The minimum Gasteiger partial charge on any atom is -0.507 e. The average Bonchev–Trinajstić information content (AvgIpc) is 2.74. The van der Waals surface area contributed by atoms with Gasteiger partial charge in [0.25, 0.3) is 0 Å². The highest BCUT2D eigenvalue weighted by atomic mass is 19.1. The van der Waals surface area contributed by atoms with Gasteiger partial charge in [-0.3, -0.25) is 4.79 Å². The van der Waals surface area contributed by atoms with E-state index in [1.807, 2.05) is 26.0 Å². The molecule has 4 rings (SSSR count). The van der Waals surface area contributed by atoms with Crippen LogP contribution in [0.3, 0.4) is 0 Å². The SMILES string of the molecule is C=CC(=O)N1CCN(c2nnc(C)c3cc(-c4c(O)cccc4F)c(C)cc23)CC1. The Hall–Kier alpha value is -3.48. The Morgan fingerprint density at radius 3 is 2.53 bits per heavy atom. The topological polar surface area (TPSA) is 69.6 Å². The zero-order valence-corrected chi connectivity index (χ0v) is 17.0. The number of aromatic nitrogens is 2. The van der Waals surface area contributed by atoms with Gasteiger partial charge in [-0.15, -0.1) is 5.10 Å². The molecule has 0 atom stereocenters. The van der Waals surface area contributed by atoms with Crippen LogP contribution >= 0.6 is 0 Å². The van der Waals surface area contributed by atoms with Crippen LogP contribution in [0.25, 0.3) is 21.9 Å². The average molecular weight is 406 g/mol. The monoisotopic (exact) mass is 406 g/mol. The molecule has 7 heteroatoms. The molecule has 6 nitrogen and oxygen atoms in total. The fourth-order valence-electron chi connectivity index (χ4n) is 3.97. The van der Waals surface area contributed by atoms with Crippen molar-refractivity contribution in [1.82, 2.24) is 15.1 Å².